The molecule has 0 aromatic heterocycles. The van der Waals surface area contributed by atoms with Gasteiger partial charge in [-0.3, -0.25) is 4.79 Å². The lowest BCUT2D eigenvalue weighted by atomic mass is 10.0. The van der Waals surface area contributed by atoms with Gasteiger partial charge < -0.3 is 10.1 Å². The summed E-state index contributed by atoms with van der Waals surface area (Å²) >= 11 is 0. The maximum absolute atomic E-state index is 11.4. The van der Waals surface area contributed by atoms with Gasteiger partial charge in [0.25, 0.3) is 0 Å². The van der Waals surface area contributed by atoms with Crippen LogP contribution in [-0.4, -0.2) is 24.7 Å². The number of hydrogen-bond acceptors (Lipinski definition) is 2. The monoisotopic (exact) mass is 197 g/mol. The Morgan fingerprint density at radius 2 is 2.14 bits per heavy atom. The first kappa shape index (κ1) is 9.97. The minimum Gasteiger partial charge on any atom is -0.378 e. The number of ether oxygens (including phenoxy) is 1. The number of hydrogen-bond donors (Lipinski definition) is 1. The fourth-order valence-corrected chi connectivity index (χ4v) is 1.85. The van der Waals surface area contributed by atoms with Gasteiger partial charge in [-0.15, -0.1) is 0 Å². The fraction of sp³-hybridized carbons (Fsp3) is 0.909. The van der Waals surface area contributed by atoms with E-state index in [9.17, 15) is 4.79 Å². The first-order valence-corrected chi connectivity index (χ1v) is 5.75. The van der Waals surface area contributed by atoms with Gasteiger partial charge in [-0.2, -0.15) is 0 Å². The predicted molar refractivity (Wildman–Crippen MR) is 54.0 cm³/mol. The summed E-state index contributed by atoms with van der Waals surface area (Å²) in [4.78, 5) is 11.4. The normalized spacial score (nSPS) is 27.3. The molecule has 1 unspecified atom stereocenters. The van der Waals surface area contributed by atoms with Gasteiger partial charge >= 0.3 is 0 Å². The van der Waals surface area contributed by atoms with Gasteiger partial charge in [0.1, 0.15) is 0 Å². The zero-order valence-electron chi connectivity index (χ0n) is 8.63. The Morgan fingerprint density at radius 3 is 2.79 bits per heavy atom. The van der Waals surface area contributed by atoms with Gasteiger partial charge in [-0.1, -0.05) is 0 Å². The lowest BCUT2D eigenvalue weighted by Crippen LogP contribution is -2.27. The molecule has 1 atom stereocenters. The second-order valence-corrected chi connectivity index (χ2v) is 4.37. The third-order valence-electron chi connectivity index (χ3n) is 2.91. The summed E-state index contributed by atoms with van der Waals surface area (Å²) in [6, 6.07) is 0.495. The van der Waals surface area contributed by atoms with Crippen molar-refractivity contribution in [3.8, 4) is 0 Å². The van der Waals surface area contributed by atoms with Crippen LogP contribution in [0.3, 0.4) is 0 Å². The van der Waals surface area contributed by atoms with Crippen LogP contribution in [0.2, 0.25) is 0 Å². The van der Waals surface area contributed by atoms with Crippen molar-refractivity contribution in [3.05, 3.63) is 0 Å². The standard InChI is InChI=1S/C11H19NO2/c13-11(12-9-4-5-9)7-6-10-3-1-2-8-14-10/h9-10H,1-8H2,(H,12,13). The van der Waals surface area contributed by atoms with Crippen molar-refractivity contribution in [3.63, 3.8) is 0 Å². The molecule has 3 nitrogen and oxygen atoms in total. The van der Waals surface area contributed by atoms with Crippen molar-refractivity contribution in [2.24, 2.45) is 0 Å². The molecule has 1 aliphatic heterocycles. The summed E-state index contributed by atoms with van der Waals surface area (Å²) in [6.07, 6.45) is 7.81. The molecular weight excluding hydrogens is 178 g/mol. The molecular formula is C11H19NO2. The quantitative estimate of drug-likeness (QED) is 0.743. The lowest BCUT2D eigenvalue weighted by Gasteiger charge is -2.22. The molecule has 2 aliphatic rings. The molecule has 1 saturated heterocycles. The highest BCUT2D eigenvalue weighted by Gasteiger charge is 2.23. The van der Waals surface area contributed by atoms with Crippen molar-refractivity contribution < 1.29 is 9.53 Å². The third kappa shape index (κ3) is 3.29. The molecule has 1 aliphatic carbocycles. The molecule has 1 saturated carbocycles. The van der Waals surface area contributed by atoms with Crippen molar-refractivity contribution >= 4 is 5.91 Å². The largest absolute Gasteiger partial charge is 0.378 e. The van der Waals surface area contributed by atoms with Crippen molar-refractivity contribution in [1.82, 2.24) is 5.32 Å². The van der Waals surface area contributed by atoms with Gasteiger partial charge in [0, 0.05) is 19.1 Å². The van der Waals surface area contributed by atoms with Gasteiger partial charge in [-0.05, 0) is 38.5 Å². The van der Waals surface area contributed by atoms with Crippen molar-refractivity contribution in [2.75, 3.05) is 6.61 Å². The van der Waals surface area contributed by atoms with Crippen LogP contribution < -0.4 is 5.32 Å². The van der Waals surface area contributed by atoms with E-state index < -0.39 is 0 Å². The van der Waals surface area contributed by atoms with Gasteiger partial charge in [0.2, 0.25) is 5.91 Å². The zero-order chi connectivity index (χ0) is 9.80. The van der Waals surface area contributed by atoms with E-state index in [4.69, 9.17) is 4.74 Å². The van der Waals surface area contributed by atoms with E-state index in [2.05, 4.69) is 5.32 Å². The van der Waals surface area contributed by atoms with Crippen LogP contribution in [0.5, 0.6) is 0 Å². The van der Waals surface area contributed by atoms with Crippen LogP contribution in [-0.2, 0) is 9.53 Å². The maximum Gasteiger partial charge on any atom is 0.220 e. The van der Waals surface area contributed by atoms with E-state index in [1.807, 2.05) is 0 Å². The smallest absolute Gasteiger partial charge is 0.220 e. The third-order valence-corrected chi connectivity index (χ3v) is 2.91. The Balaban J connectivity index is 1.57. The van der Waals surface area contributed by atoms with E-state index in [1.54, 1.807) is 0 Å². The molecule has 80 valence electrons. The highest BCUT2D eigenvalue weighted by Crippen LogP contribution is 2.20. The molecule has 0 aromatic rings. The Bertz CT molecular complexity index is 195. The Hall–Kier alpha value is -0.570. The number of rotatable bonds is 4. The first-order chi connectivity index (χ1) is 6.84. The van der Waals surface area contributed by atoms with Gasteiger partial charge in [0.15, 0.2) is 0 Å². The average Bonchev–Trinajstić information content (AvgIpc) is 3.00. The zero-order valence-corrected chi connectivity index (χ0v) is 8.63. The Kier molecular flexibility index (Phi) is 3.40. The highest BCUT2D eigenvalue weighted by molar-refractivity contribution is 5.76. The van der Waals surface area contributed by atoms with Gasteiger partial charge in [-0.25, -0.2) is 0 Å². The lowest BCUT2D eigenvalue weighted by molar-refractivity contribution is -0.122. The van der Waals surface area contributed by atoms with Crippen molar-refractivity contribution in [1.29, 1.82) is 0 Å². The van der Waals surface area contributed by atoms with E-state index in [-0.39, 0.29) is 5.91 Å². The predicted octanol–water partition coefficient (Wildman–Crippen LogP) is 1.61. The maximum atomic E-state index is 11.4. The second kappa shape index (κ2) is 4.78. The summed E-state index contributed by atoms with van der Waals surface area (Å²) in [7, 11) is 0. The first-order valence-electron chi connectivity index (χ1n) is 5.75. The summed E-state index contributed by atoms with van der Waals surface area (Å²) in [5.74, 6) is 0.210. The molecule has 1 N–H and O–H groups in total. The Morgan fingerprint density at radius 1 is 1.29 bits per heavy atom. The van der Waals surface area contributed by atoms with Crippen LogP contribution in [0.25, 0.3) is 0 Å². The molecule has 1 heterocycles. The molecule has 0 spiro atoms. The van der Waals surface area contributed by atoms with E-state index in [0.29, 0.717) is 18.6 Å². The fourth-order valence-electron chi connectivity index (χ4n) is 1.85. The van der Waals surface area contributed by atoms with Crippen LogP contribution in [0, 0.1) is 0 Å². The van der Waals surface area contributed by atoms with Crippen molar-refractivity contribution in [2.45, 2.75) is 57.1 Å². The molecule has 0 aromatic carbocycles. The summed E-state index contributed by atoms with van der Waals surface area (Å²) in [5.41, 5.74) is 0. The molecule has 3 heteroatoms. The summed E-state index contributed by atoms with van der Waals surface area (Å²) in [6.45, 7) is 0.884. The molecule has 0 bridgehead atoms. The molecule has 1 amide bonds. The second-order valence-electron chi connectivity index (χ2n) is 4.37. The van der Waals surface area contributed by atoms with Crippen LogP contribution in [0.1, 0.15) is 44.9 Å². The molecule has 2 fully saturated rings. The average molecular weight is 197 g/mol. The number of carbonyl (C=O) groups is 1. The number of amides is 1. The Labute approximate surface area is 85.2 Å². The van der Waals surface area contributed by atoms with Crippen LogP contribution in [0.15, 0.2) is 0 Å². The molecule has 14 heavy (non-hydrogen) atoms. The molecule has 0 radical (unpaired) electrons. The number of nitrogens with one attached hydrogen (secondary N) is 1. The van der Waals surface area contributed by atoms with E-state index in [0.717, 1.165) is 19.4 Å². The van der Waals surface area contributed by atoms with Gasteiger partial charge in [0.05, 0.1) is 6.10 Å². The highest BCUT2D eigenvalue weighted by atomic mass is 16.5. The SMILES string of the molecule is O=C(CCC1CCCCO1)NC1CC1. The minimum atomic E-state index is 0.210. The van der Waals surface area contributed by atoms with E-state index >= 15 is 0 Å². The van der Waals surface area contributed by atoms with Crippen LogP contribution in [0.4, 0.5) is 0 Å². The molecule has 2 rings (SSSR count). The van der Waals surface area contributed by atoms with E-state index in [1.165, 1.54) is 25.7 Å². The number of carbonyl (C=O) groups excluding carboxylic acids is 1. The topological polar surface area (TPSA) is 38.3 Å². The summed E-state index contributed by atoms with van der Waals surface area (Å²) < 4.78 is 5.57. The minimum absolute atomic E-state index is 0.210. The summed E-state index contributed by atoms with van der Waals surface area (Å²) in [5, 5.41) is 3.00. The van der Waals surface area contributed by atoms with Crippen LogP contribution >= 0.6 is 0 Å².